The lowest BCUT2D eigenvalue weighted by Crippen LogP contribution is -2.31. The van der Waals surface area contributed by atoms with E-state index in [1.165, 1.54) is 32.1 Å². The van der Waals surface area contributed by atoms with Crippen molar-refractivity contribution in [3.8, 4) is 6.01 Å². The van der Waals surface area contributed by atoms with E-state index >= 15 is 0 Å². The van der Waals surface area contributed by atoms with E-state index in [0.717, 1.165) is 25.4 Å². The molecular formula is C13H19ClN4O. The molecule has 0 radical (unpaired) electrons. The highest BCUT2D eigenvalue weighted by atomic mass is 35.5. The van der Waals surface area contributed by atoms with Crippen molar-refractivity contribution in [2.45, 2.75) is 38.5 Å². The molecule has 0 unspecified atom stereocenters. The molecule has 3 rings (SSSR count). The average molecular weight is 283 g/mol. The fourth-order valence-electron chi connectivity index (χ4n) is 2.35. The zero-order valence-corrected chi connectivity index (χ0v) is 11.8. The molecule has 5 nitrogen and oxygen atoms in total. The number of halogens is 1. The number of piperidine rings is 1. The predicted molar refractivity (Wildman–Crippen MR) is 73.7 cm³/mol. The Bertz CT molecular complexity index is 433. The summed E-state index contributed by atoms with van der Waals surface area (Å²) in [5.74, 6) is 1.50. The number of nitrogens with zero attached hydrogens (tertiary/aromatic N) is 4. The van der Waals surface area contributed by atoms with Crippen LogP contribution in [-0.2, 0) is 0 Å². The van der Waals surface area contributed by atoms with Crippen molar-refractivity contribution in [3.05, 3.63) is 5.28 Å². The molecule has 19 heavy (non-hydrogen) atoms. The zero-order chi connectivity index (χ0) is 13.1. The molecule has 1 saturated carbocycles. The number of aromatic nitrogens is 3. The molecule has 2 fully saturated rings. The smallest absolute Gasteiger partial charge is 0.322 e. The van der Waals surface area contributed by atoms with Gasteiger partial charge in [0.25, 0.3) is 0 Å². The van der Waals surface area contributed by atoms with Gasteiger partial charge in [0.1, 0.15) is 0 Å². The van der Waals surface area contributed by atoms with Crippen LogP contribution in [0.1, 0.15) is 38.5 Å². The fraction of sp³-hybridized carbons (Fsp3) is 0.769. The van der Waals surface area contributed by atoms with Gasteiger partial charge in [-0.1, -0.05) is 12.8 Å². The lowest BCUT2D eigenvalue weighted by Gasteiger charge is -2.26. The molecule has 1 aromatic heterocycles. The Balaban J connectivity index is 1.63. The van der Waals surface area contributed by atoms with Gasteiger partial charge in [0, 0.05) is 13.1 Å². The second kappa shape index (κ2) is 5.90. The van der Waals surface area contributed by atoms with Crippen LogP contribution in [-0.4, -0.2) is 34.6 Å². The number of hydrogen-bond donors (Lipinski definition) is 0. The van der Waals surface area contributed by atoms with Gasteiger partial charge in [-0.05, 0) is 43.2 Å². The van der Waals surface area contributed by atoms with E-state index in [1.54, 1.807) is 0 Å². The van der Waals surface area contributed by atoms with Crippen molar-refractivity contribution in [2.75, 3.05) is 24.6 Å². The monoisotopic (exact) mass is 282 g/mol. The summed E-state index contributed by atoms with van der Waals surface area (Å²) in [7, 11) is 0. The first-order chi connectivity index (χ1) is 9.31. The minimum Gasteiger partial charge on any atom is -0.463 e. The SMILES string of the molecule is Clc1nc(OCCC2CC2)nc(N2CCCCC2)n1. The Morgan fingerprint density at radius 1 is 1.11 bits per heavy atom. The molecule has 1 aromatic rings. The number of ether oxygens (including phenoxy) is 1. The predicted octanol–water partition coefficient (Wildman–Crippen LogP) is 2.69. The maximum atomic E-state index is 5.95. The van der Waals surface area contributed by atoms with Gasteiger partial charge >= 0.3 is 6.01 Å². The van der Waals surface area contributed by atoms with Gasteiger partial charge in [0.15, 0.2) is 0 Å². The number of hydrogen-bond acceptors (Lipinski definition) is 5. The molecule has 0 atom stereocenters. The maximum absolute atomic E-state index is 5.95. The third-order valence-electron chi connectivity index (χ3n) is 3.67. The number of rotatable bonds is 5. The Morgan fingerprint density at radius 3 is 2.63 bits per heavy atom. The van der Waals surface area contributed by atoms with Crippen molar-refractivity contribution in [3.63, 3.8) is 0 Å². The second-order valence-corrected chi connectivity index (χ2v) is 5.65. The maximum Gasteiger partial charge on any atom is 0.322 e. The van der Waals surface area contributed by atoms with Gasteiger partial charge in [0.2, 0.25) is 11.2 Å². The molecule has 6 heteroatoms. The minimum atomic E-state index is 0.219. The lowest BCUT2D eigenvalue weighted by molar-refractivity contribution is 0.278. The van der Waals surface area contributed by atoms with E-state index in [-0.39, 0.29) is 5.28 Å². The first-order valence-electron chi connectivity index (χ1n) is 7.10. The Kier molecular flexibility index (Phi) is 4.01. The molecule has 0 spiro atoms. The van der Waals surface area contributed by atoms with E-state index in [1.807, 2.05) is 0 Å². The van der Waals surface area contributed by atoms with Crippen molar-refractivity contribution >= 4 is 17.5 Å². The Hall–Kier alpha value is -1.10. The van der Waals surface area contributed by atoms with Crippen LogP contribution in [0.3, 0.4) is 0 Å². The van der Waals surface area contributed by atoms with E-state index in [4.69, 9.17) is 16.3 Å². The quantitative estimate of drug-likeness (QED) is 0.831. The highest BCUT2D eigenvalue weighted by Crippen LogP contribution is 2.32. The average Bonchev–Trinajstić information content (AvgIpc) is 3.23. The highest BCUT2D eigenvalue weighted by Gasteiger charge is 2.21. The van der Waals surface area contributed by atoms with Gasteiger partial charge in [-0.3, -0.25) is 0 Å². The molecule has 104 valence electrons. The normalized spacial score (nSPS) is 19.5. The summed E-state index contributed by atoms with van der Waals surface area (Å²) < 4.78 is 5.60. The second-order valence-electron chi connectivity index (χ2n) is 5.32. The van der Waals surface area contributed by atoms with Crippen LogP contribution in [0.5, 0.6) is 6.01 Å². The number of anilines is 1. The van der Waals surface area contributed by atoms with Crippen LogP contribution in [0.4, 0.5) is 5.95 Å². The van der Waals surface area contributed by atoms with Crippen molar-refractivity contribution in [1.82, 2.24) is 15.0 Å². The summed E-state index contributed by atoms with van der Waals surface area (Å²) in [4.78, 5) is 14.8. The summed E-state index contributed by atoms with van der Waals surface area (Å²) in [5, 5.41) is 0.219. The van der Waals surface area contributed by atoms with Crippen LogP contribution >= 0.6 is 11.6 Å². The van der Waals surface area contributed by atoms with Crippen molar-refractivity contribution < 1.29 is 4.74 Å². The van der Waals surface area contributed by atoms with E-state index in [0.29, 0.717) is 18.6 Å². The molecule has 2 heterocycles. The van der Waals surface area contributed by atoms with Crippen LogP contribution in [0.15, 0.2) is 0 Å². The highest BCUT2D eigenvalue weighted by molar-refractivity contribution is 6.28. The van der Waals surface area contributed by atoms with Gasteiger partial charge in [-0.25, -0.2) is 0 Å². The molecule has 0 amide bonds. The Morgan fingerprint density at radius 2 is 1.89 bits per heavy atom. The van der Waals surface area contributed by atoms with Crippen LogP contribution in [0.25, 0.3) is 0 Å². The van der Waals surface area contributed by atoms with Gasteiger partial charge in [0.05, 0.1) is 6.61 Å². The topological polar surface area (TPSA) is 51.1 Å². The molecule has 0 bridgehead atoms. The minimum absolute atomic E-state index is 0.219. The van der Waals surface area contributed by atoms with E-state index < -0.39 is 0 Å². The standard InChI is InChI=1S/C13H19ClN4O/c14-11-15-12(18-7-2-1-3-8-18)17-13(16-11)19-9-6-10-4-5-10/h10H,1-9H2. The summed E-state index contributed by atoms with van der Waals surface area (Å²) in [6.45, 7) is 2.65. The largest absolute Gasteiger partial charge is 0.463 e. The van der Waals surface area contributed by atoms with Crippen LogP contribution in [0, 0.1) is 5.92 Å². The van der Waals surface area contributed by atoms with E-state index in [9.17, 15) is 0 Å². The fourth-order valence-corrected chi connectivity index (χ4v) is 2.49. The first-order valence-corrected chi connectivity index (χ1v) is 7.48. The van der Waals surface area contributed by atoms with Crippen LogP contribution < -0.4 is 9.64 Å². The first kappa shape index (κ1) is 12.9. The van der Waals surface area contributed by atoms with Gasteiger partial charge in [-0.2, -0.15) is 15.0 Å². The molecule has 1 aliphatic carbocycles. The van der Waals surface area contributed by atoms with Crippen LogP contribution in [0.2, 0.25) is 5.28 Å². The zero-order valence-electron chi connectivity index (χ0n) is 11.0. The molecular weight excluding hydrogens is 264 g/mol. The lowest BCUT2D eigenvalue weighted by atomic mass is 10.1. The summed E-state index contributed by atoms with van der Waals surface area (Å²) in [6, 6.07) is 0.362. The van der Waals surface area contributed by atoms with Gasteiger partial charge < -0.3 is 9.64 Å². The van der Waals surface area contributed by atoms with Crippen molar-refractivity contribution in [2.24, 2.45) is 5.92 Å². The summed E-state index contributed by atoms with van der Waals surface area (Å²) in [5.41, 5.74) is 0. The van der Waals surface area contributed by atoms with Crippen molar-refractivity contribution in [1.29, 1.82) is 0 Å². The third-order valence-corrected chi connectivity index (χ3v) is 3.84. The van der Waals surface area contributed by atoms with E-state index in [2.05, 4.69) is 19.9 Å². The molecule has 0 N–H and O–H groups in total. The molecule has 0 aromatic carbocycles. The third kappa shape index (κ3) is 3.69. The molecule has 2 aliphatic rings. The molecule has 1 saturated heterocycles. The summed E-state index contributed by atoms with van der Waals surface area (Å²) >= 11 is 5.95. The Labute approximate surface area is 118 Å². The molecule has 1 aliphatic heterocycles. The summed E-state index contributed by atoms with van der Waals surface area (Å²) in [6.07, 6.45) is 7.39. The van der Waals surface area contributed by atoms with Gasteiger partial charge in [-0.15, -0.1) is 0 Å².